The van der Waals surface area contributed by atoms with Gasteiger partial charge in [-0.05, 0) is 17.3 Å². The average molecular weight is 416 g/mol. The van der Waals surface area contributed by atoms with Gasteiger partial charge in [0.2, 0.25) is 0 Å². The van der Waals surface area contributed by atoms with E-state index in [1.165, 1.54) is 0 Å². The lowest BCUT2D eigenvalue weighted by molar-refractivity contribution is -0.0471. The molecule has 0 rings (SSSR count). The fourth-order valence-corrected chi connectivity index (χ4v) is 3.81. The van der Waals surface area contributed by atoms with Crippen LogP contribution in [0.4, 0.5) is 0 Å². The lowest BCUT2D eigenvalue weighted by Gasteiger charge is -2.47. The second-order valence-electron chi connectivity index (χ2n) is 7.76. The predicted molar refractivity (Wildman–Crippen MR) is 95.2 cm³/mol. The van der Waals surface area contributed by atoms with Crippen molar-refractivity contribution >= 4 is 31.9 Å². The third-order valence-corrected chi connectivity index (χ3v) is 5.08. The molecule has 2 nitrogen and oxygen atoms in total. The van der Waals surface area contributed by atoms with Gasteiger partial charge in [0.05, 0.1) is 26.4 Å². The van der Waals surface area contributed by atoms with Gasteiger partial charge in [-0.15, -0.1) is 0 Å². The van der Waals surface area contributed by atoms with Gasteiger partial charge in [-0.25, -0.2) is 0 Å². The second kappa shape index (κ2) is 9.12. The normalized spacial score (nSPS) is 16.2. The van der Waals surface area contributed by atoms with Gasteiger partial charge in [0.25, 0.3) is 0 Å². The fourth-order valence-electron chi connectivity index (χ4n) is 2.38. The smallest absolute Gasteiger partial charge is 0.0700 e. The number of alkyl halides is 2. The molecule has 0 saturated carbocycles. The molecule has 0 aromatic carbocycles. The molecule has 1 unspecified atom stereocenters. The van der Waals surface area contributed by atoms with E-state index < -0.39 is 0 Å². The van der Waals surface area contributed by atoms with Gasteiger partial charge >= 0.3 is 0 Å². The number of rotatable bonds is 9. The molecule has 0 fully saturated rings. The maximum absolute atomic E-state index is 5.94. The summed E-state index contributed by atoms with van der Waals surface area (Å²) in [7, 11) is 0. The van der Waals surface area contributed by atoms with Crippen LogP contribution in [0.15, 0.2) is 0 Å². The number of ether oxygens (including phenoxy) is 2. The predicted octanol–water partition coefficient (Wildman–Crippen LogP) is 5.28. The summed E-state index contributed by atoms with van der Waals surface area (Å²) in [5.41, 5.74) is 0.623. The molecule has 0 N–H and O–H groups in total. The molecule has 1 atom stereocenters. The molecule has 0 bridgehead atoms. The highest BCUT2D eigenvalue weighted by molar-refractivity contribution is 9.09. The highest BCUT2D eigenvalue weighted by Crippen LogP contribution is 2.48. The van der Waals surface area contributed by atoms with Crippen molar-refractivity contribution in [2.24, 2.45) is 16.2 Å². The molecule has 0 aromatic rings. The standard InChI is InChI=1S/C16H32Br2O2/c1-14(2,3)11-16(12-18,15(4,5)6)13-20-10-9-19-8-7-17/h7-13H2,1-6H3. The minimum Gasteiger partial charge on any atom is -0.378 e. The lowest BCUT2D eigenvalue weighted by atomic mass is 9.62. The second-order valence-corrected chi connectivity index (χ2v) is 9.11. The zero-order valence-corrected chi connectivity index (χ0v) is 17.2. The Morgan fingerprint density at radius 3 is 1.75 bits per heavy atom. The molecule has 122 valence electrons. The molecule has 0 spiro atoms. The Morgan fingerprint density at radius 2 is 1.35 bits per heavy atom. The molecule has 20 heavy (non-hydrogen) atoms. The Bertz CT molecular complexity index is 256. The molecule has 0 aliphatic carbocycles. The summed E-state index contributed by atoms with van der Waals surface area (Å²) < 4.78 is 11.4. The number of hydrogen-bond acceptors (Lipinski definition) is 2. The van der Waals surface area contributed by atoms with Crippen molar-refractivity contribution in [1.29, 1.82) is 0 Å². The van der Waals surface area contributed by atoms with Crippen LogP contribution in [0, 0.1) is 16.2 Å². The van der Waals surface area contributed by atoms with Gasteiger partial charge in [0.1, 0.15) is 0 Å². The summed E-state index contributed by atoms with van der Waals surface area (Å²) in [6, 6.07) is 0. The highest BCUT2D eigenvalue weighted by atomic mass is 79.9. The summed E-state index contributed by atoms with van der Waals surface area (Å²) in [5, 5.41) is 1.84. The van der Waals surface area contributed by atoms with E-state index in [0.29, 0.717) is 13.2 Å². The van der Waals surface area contributed by atoms with E-state index in [4.69, 9.17) is 9.47 Å². The van der Waals surface area contributed by atoms with Crippen molar-refractivity contribution in [3.8, 4) is 0 Å². The maximum Gasteiger partial charge on any atom is 0.0700 e. The molecule has 0 heterocycles. The Morgan fingerprint density at radius 1 is 0.800 bits per heavy atom. The van der Waals surface area contributed by atoms with E-state index in [1.807, 2.05) is 0 Å². The molecule has 0 aromatic heterocycles. The van der Waals surface area contributed by atoms with Crippen molar-refractivity contribution in [3.05, 3.63) is 0 Å². The van der Waals surface area contributed by atoms with Crippen LogP contribution < -0.4 is 0 Å². The third-order valence-electron chi connectivity index (χ3n) is 3.69. The maximum atomic E-state index is 5.94. The van der Waals surface area contributed by atoms with Crippen molar-refractivity contribution in [2.75, 3.05) is 37.1 Å². The van der Waals surface area contributed by atoms with E-state index in [9.17, 15) is 0 Å². The van der Waals surface area contributed by atoms with Crippen LogP contribution in [0.5, 0.6) is 0 Å². The summed E-state index contributed by atoms with van der Waals surface area (Å²) in [6.07, 6.45) is 1.14. The van der Waals surface area contributed by atoms with Crippen LogP contribution in [-0.2, 0) is 9.47 Å². The Balaban J connectivity index is 4.54. The minimum atomic E-state index is 0.140. The van der Waals surface area contributed by atoms with Crippen LogP contribution in [0.25, 0.3) is 0 Å². The van der Waals surface area contributed by atoms with E-state index in [1.54, 1.807) is 0 Å². The largest absolute Gasteiger partial charge is 0.378 e. The Kier molecular flexibility index (Phi) is 9.52. The van der Waals surface area contributed by atoms with Crippen molar-refractivity contribution < 1.29 is 9.47 Å². The topological polar surface area (TPSA) is 18.5 Å². The average Bonchev–Trinajstić information content (AvgIpc) is 2.29. The van der Waals surface area contributed by atoms with Crippen molar-refractivity contribution in [3.63, 3.8) is 0 Å². The van der Waals surface area contributed by atoms with Crippen molar-refractivity contribution in [2.45, 2.75) is 48.0 Å². The van der Waals surface area contributed by atoms with Crippen LogP contribution in [0.2, 0.25) is 0 Å². The molecule has 0 radical (unpaired) electrons. The highest BCUT2D eigenvalue weighted by Gasteiger charge is 2.43. The van der Waals surface area contributed by atoms with E-state index in [0.717, 1.165) is 30.3 Å². The van der Waals surface area contributed by atoms with Gasteiger partial charge < -0.3 is 9.47 Å². The number of halogens is 2. The summed E-state index contributed by atoms with van der Waals surface area (Å²) in [6.45, 7) is 16.7. The van der Waals surface area contributed by atoms with Gasteiger partial charge in [0, 0.05) is 16.1 Å². The summed E-state index contributed by atoms with van der Waals surface area (Å²) in [4.78, 5) is 0. The van der Waals surface area contributed by atoms with Crippen LogP contribution >= 0.6 is 31.9 Å². The molecule has 4 heteroatoms. The molecular formula is C16H32Br2O2. The van der Waals surface area contributed by atoms with Gasteiger partial charge in [-0.3, -0.25) is 0 Å². The fraction of sp³-hybridized carbons (Fsp3) is 1.00. The summed E-state index contributed by atoms with van der Waals surface area (Å²) >= 11 is 7.09. The third kappa shape index (κ3) is 7.77. The zero-order valence-electron chi connectivity index (χ0n) is 14.0. The summed E-state index contributed by atoms with van der Waals surface area (Å²) in [5.74, 6) is 0. The van der Waals surface area contributed by atoms with Crippen LogP contribution in [0.3, 0.4) is 0 Å². The molecule has 0 aliphatic heterocycles. The van der Waals surface area contributed by atoms with Gasteiger partial charge in [-0.1, -0.05) is 73.4 Å². The van der Waals surface area contributed by atoms with E-state index >= 15 is 0 Å². The molecule has 0 amide bonds. The first kappa shape index (κ1) is 20.9. The van der Waals surface area contributed by atoms with Crippen LogP contribution in [0.1, 0.15) is 48.0 Å². The first-order valence-corrected chi connectivity index (χ1v) is 9.60. The minimum absolute atomic E-state index is 0.140. The Hall–Kier alpha value is 0.880. The van der Waals surface area contributed by atoms with Crippen LogP contribution in [-0.4, -0.2) is 37.1 Å². The number of hydrogen-bond donors (Lipinski definition) is 0. The Labute approximate surface area is 142 Å². The van der Waals surface area contributed by atoms with Gasteiger partial charge in [-0.2, -0.15) is 0 Å². The van der Waals surface area contributed by atoms with Gasteiger partial charge in [0.15, 0.2) is 0 Å². The monoisotopic (exact) mass is 414 g/mol. The zero-order chi connectivity index (χ0) is 15.9. The first-order chi connectivity index (χ1) is 9.08. The molecule has 0 aliphatic rings. The molecule has 0 saturated heterocycles. The molecular weight excluding hydrogens is 384 g/mol. The van der Waals surface area contributed by atoms with Crippen molar-refractivity contribution in [1.82, 2.24) is 0 Å². The quantitative estimate of drug-likeness (QED) is 0.376. The van der Waals surface area contributed by atoms with E-state index in [2.05, 4.69) is 73.4 Å². The lowest BCUT2D eigenvalue weighted by Crippen LogP contribution is -2.44. The SMILES string of the molecule is CC(C)(C)CC(CBr)(COCCOCCBr)C(C)(C)C. The van der Waals surface area contributed by atoms with E-state index in [-0.39, 0.29) is 16.2 Å². The first-order valence-electron chi connectivity index (χ1n) is 7.35.